The minimum absolute atomic E-state index is 0.148. The van der Waals surface area contributed by atoms with Crippen molar-refractivity contribution in [3.63, 3.8) is 0 Å². The molecule has 1 spiro atoms. The summed E-state index contributed by atoms with van der Waals surface area (Å²) in [7, 11) is 1.61. The number of para-hydroxylation sites is 1. The SMILES string of the molecule is CCCCCc1ccc(C(=O)[C@@H]2[C@@H](C(C)=O)N3c4ccc(OC)cc4C=C[C@H]3[C@]23C(=O)Nc2ccccc23)cc1. The van der Waals surface area contributed by atoms with Crippen LogP contribution in [0.4, 0.5) is 11.4 Å². The number of ether oxygens (including phenoxy) is 1. The van der Waals surface area contributed by atoms with Crippen LogP contribution in [0.25, 0.3) is 6.08 Å². The van der Waals surface area contributed by atoms with Crippen LogP contribution < -0.4 is 15.0 Å². The third kappa shape index (κ3) is 3.80. The lowest BCUT2D eigenvalue weighted by Crippen LogP contribution is -2.51. The van der Waals surface area contributed by atoms with Crippen molar-refractivity contribution < 1.29 is 19.1 Å². The van der Waals surface area contributed by atoms with Gasteiger partial charge in [0.25, 0.3) is 0 Å². The van der Waals surface area contributed by atoms with Gasteiger partial charge in [-0.2, -0.15) is 0 Å². The summed E-state index contributed by atoms with van der Waals surface area (Å²) in [6.07, 6.45) is 8.33. The second kappa shape index (κ2) is 10.1. The number of amides is 1. The van der Waals surface area contributed by atoms with Crippen LogP contribution in [0.1, 0.15) is 60.2 Å². The molecule has 40 heavy (non-hydrogen) atoms. The van der Waals surface area contributed by atoms with Crippen LogP contribution in [-0.4, -0.2) is 36.7 Å². The van der Waals surface area contributed by atoms with Crippen LogP contribution in [0, 0.1) is 5.92 Å². The number of aryl methyl sites for hydroxylation is 1. The van der Waals surface area contributed by atoms with Gasteiger partial charge in [0.1, 0.15) is 11.2 Å². The fraction of sp³-hybridized carbons (Fsp3) is 0.324. The Bertz CT molecular complexity index is 1530. The molecule has 0 aliphatic carbocycles. The molecule has 4 atom stereocenters. The second-order valence-electron chi connectivity index (χ2n) is 11.1. The molecule has 3 aromatic rings. The molecule has 0 unspecified atom stereocenters. The van der Waals surface area contributed by atoms with E-state index >= 15 is 0 Å². The van der Waals surface area contributed by atoms with Crippen molar-refractivity contribution in [1.29, 1.82) is 0 Å². The molecular formula is C34H34N2O4. The third-order valence-corrected chi connectivity index (χ3v) is 8.85. The summed E-state index contributed by atoms with van der Waals surface area (Å²) in [6, 6.07) is 19.6. The van der Waals surface area contributed by atoms with Crippen molar-refractivity contribution >= 4 is 34.9 Å². The molecule has 1 N–H and O–H groups in total. The Hall–Kier alpha value is -4.19. The van der Waals surface area contributed by atoms with Gasteiger partial charge in [0, 0.05) is 22.5 Å². The molecule has 0 radical (unpaired) electrons. The first-order valence-corrected chi connectivity index (χ1v) is 14.1. The van der Waals surface area contributed by atoms with Crippen molar-refractivity contribution in [2.45, 2.75) is 57.0 Å². The Morgan fingerprint density at radius 1 is 1.02 bits per heavy atom. The zero-order valence-electron chi connectivity index (χ0n) is 23.1. The molecule has 0 aromatic heterocycles. The Morgan fingerprint density at radius 2 is 1.80 bits per heavy atom. The Kier molecular flexibility index (Phi) is 6.57. The number of Topliss-reactive ketones (excluding diaryl/α,β-unsaturated/α-hetero) is 2. The van der Waals surface area contributed by atoms with Crippen molar-refractivity contribution in [3.05, 3.63) is 95.1 Å². The highest BCUT2D eigenvalue weighted by atomic mass is 16.5. The smallest absolute Gasteiger partial charge is 0.238 e. The van der Waals surface area contributed by atoms with E-state index in [0.717, 1.165) is 42.5 Å². The maximum atomic E-state index is 14.6. The molecule has 6 heteroatoms. The highest BCUT2D eigenvalue weighted by Crippen LogP contribution is 2.57. The molecule has 0 saturated carbocycles. The fourth-order valence-electron chi connectivity index (χ4n) is 7.03. The molecule has 1 fully saturated rings. The first kappa shape index (κ1) is 26.1. The number of methoxy groups -OCH3 is 1. The summed E-state index contributed by atoms with van der Waals surface area (Å²) in [5.74, 6) is -0.799. The summed E-state index contributed by atoms with van der Waals surface area (Å²) in [6.45, 7) is 3.71. The molecule has 1 saturated heterocycles. The monoisotopic (exact) mass is 534 g/mol. The van der Waals surface area contributed by atoms with E-state index in [9.17, 15) is 14.4 Å². The summed E-state index contributed by atoms with van der Waals surface area (Å²) < 4.78 is 5.44. The summed E-state index contributed by atoms with van der Waals surface area (Å²) in [5, 5.41) is 3.06. The summed E-state index contributed by atoms with van der Waals surface area (Å²) in [5.41, 5.74) is 3.58. The van der Waals surface area contributed by atoms with Crippen LogP contribution in [0.3, 0.4) is 0 Å². The van der Waals surface area contributed by atoms with E-state index in [2.05, 4.69) is 12.2 Å². The van der Waals surface area contributed by atoms with E-state index in [1.54, 1.807) is 7.11 Å². The maximum Gasteiger partial charge on any atom is 0.238 e. The number of nitrogens with zero attached hydrogens (tertiary/aromatic N) is 1. The summed E-state index contributed by atoms with van der Waals surface area (Å²) in [4.78, 5) is 44.4. The van der Waals surface area contributed by atoms with Crippen molar-refractivity contribution in [3.8, 4) is 5.75 Å². The minimum atomic E-state index is -1.27. The maximum absolute atomic E-state index is 14.6. The summed E-state index contributed by atoms with van der Waals surface area (Å²) >= 11 is 0. The van der Waals surface area contributed by atoms with Crippen molar-refractivity contribution in [1.82, 2.24) is 0 Å². The van der Waals surface area contributed by atoms with Crippen LogP contribution in [0.2, 0.25) is 0 Å². The van der Waals surface area contributed by atoms with Gasteiger partial charge in [-0.3, -0.25) is 14.4 Å². The van der Waals surface area contributed by atoms with Crippen LogP contribution in [0.15, 0.2) is 72.8 Å². The Labute approximate surface area is 235 Å². The molecule has 6 rings (SSSR count). The third-order valence-electron chi connectivity index (χ3n) is 8.85. The van der Waals surface area contributed by atoms with E-state index in [-0.39, 0.29) is 17.5 Å². The van der Waals surface area contributed by atoms with E-state index in [1.165, 1.54) is 12.5 Å². The number of hydrogen-bond donors (Lipinski definition) is 1. The number of carbonyl (C=O) groups excluding carboxylic acids is 3. The molecule has 1 amide bonds. The number of anilines is 2. The highest BCUT2D eigenvalue weighted by Gasteiger charge is 2.69. The van der Waals surface area contributed by atoms with Crippen LogP contribution >= 0.6 is 0 Å². The predicted molar refractivity (Wildman–Crippen MR) is 157 cm³/mol. The predicted octanol–water partition coefficient (Wildman–Crippen LogP) is 5.99. The lowest BCUT2D eigenvalue weighted by atomic mass is 9.64. The van der Waals surface area contributed by atoms with Gasteiger partial charge < -0.3 is 15.0 Å². The van der Waals surface area contributed by atoms with Crippen molar-refractivity contribution in [2.24, 2.45) is 5.92 Å². The first-order valence-electron chi connectivity index (χ1n) is 14.1. The van der Waals surface area contributed by atoms with Crippen LogP contribution in [0.5, 0.6) is 5.75 Å². The zero-order chi connectivity index (χ0) is 28.0. The average Bonchev–Trinajstić information content (AvgIpc) is 3.45. The Morgan fingerprint density at radius 3 is 2.52 bits per heavy atom. The van der Waals surface area contributed by atoms with Gasteiger partial charge >= 0.3 is 0 Å². The number of nitrogens with one attached hydrogen (secondary N) is 1. The molecule has 0 bridgehead atoms. The van der Waals surface area contributed by atoms with Gasteiger partial charge in [-0.05, 0) is 55.2 Å². The molecule has 204 valence electrons. The van der Waals surface area contributed by atoms with Gasteiger partial charge in [0.05, 0.1) is 25.1 Å². The first-order chi connectivity index (χ1) is 19.4. The largest absolute Gasteiger partial charge is 0.497 e. The lowest BCUT2D eigenvalue weighted by molar-refractivity contribution is -0.122. The number of carbonyl (C=O) groups is 3. The van der Waals surface area contributed by atoms with Crippen LogP contribution in [-0.2, 0) is 21.4 Å². The molecule has 6 nitrogen and oxygen atoms in total. The molecule has 3 aromatic carbocycles. The fourth-order valence-corrected chi connectivity index (χ4v) is 7.03. The molecule has 3 heterocycles. The van der Waals surface area contributed by atoms with E-state index in [4.69, 9.17) is 4.74 Å². The molecular weight excluding hydrogens is 500 g/mol. The zero-order valence-corrected chi connectivity index (χ0v) is 23.1. The van der Waals surface area contributed by atoms with E-state index in [0.29, 0.717) is 17.0 Å². The number of unbranched alkanes of at least 4 members (excludes halogenated alkanes) is 2. The standard InChI is InChI=1S/C34H34N2O4/c1-4-5-6-9-22-12-14-23(15-13-22)32(38)30-31(21(2)37)36-28-18-17-25(40-3)20-24(28)16-19-29(36)34(30)26-10-7-8-11-27(26)35-33(34)39/h7-8,10-20,29-31H,4-6,9H2,1-3H3,(H,35,39)/t29-,30-,31+,34-/m0/s1. The van der Waals surface area contributed by atoms with Gasteiger partial charge in [-0.25, -0.2) is 0 Å². The Balaban J connectivity index is 1.52. The quantitative estimate of drug-likeness (QED) is 0.284. The number of rotatable bonds is 8. The second-order valence-corrected chi connectivity index (χ2v) is 11.1. The van der Waals surface area contributed by atoms with Gasteiger partial charge in [-0.15, -0.1) is 0 Å². The normalized spacial score (nSPS) is 23.9. The number of hydrogen-bond acceptors (Lipinski definition) is 5. The van der Waals surface area contributed by atoms with Gasteiger partial charge in [0.2, 0.25) is 5.91 Å². The highest BCUT2D eigenvalue weighted by molar-refractivity contribution is 6.16. The van der Waals surface area contributed by atoms with Crippen molar-refractivity contribution in [2.75, 3.05) is 17.3 Å². The number of ketones is 2. The molecule has 3 aliphatic rings. The average molecular weight is 535 g/mol. The van der Waals surface area contributed by atoms with E-state index in [1.807, 2.05) is 83.8 Å². The molecule has 3 aliphatic heterocycles. The number of fused-ring (bicyclic) bond motifs is 6. The lowest BCUT2D eigenvalue weighted by Gasteiger charge is -2.37. The van der Waals surface area contributed by atoms with Gasteiger partial charge in [0.15, 0.2) is 11.6 Å². The minimum Gasteiger partial charge on any atom is -0.497 e. The topological polar surface area (TPSA) is 75.7 Å². The number of benzene rings is 3. The van der Waals surface area contributed by atoms with E-state index < -0.39 is 23.4 Å². The van der Waals surface area contributed by atoms with Gasteiger partial charge in [-0.1, -0.05) is 74.4 Å².